The van der Waals surface area contributed by atoms with Crippen LogP contribution in [0.4, 0.5) is 0 Å². The normalized spacial score (nSPS) is 16.4. The molecule has 3 heterocycles. The number of rotatable bonds is 14. The van der Waals surface area contributed by atoms with Crippen LogP contribution in [0.5, 0.6) is 0 Å². The first-order valence-corrected chi connectivity index (χ1v) is 19.9. The Morgan fingerprint density at radius 1 is 0.759 bits per heavy atom. The van der Waals surface area contributed by atoms with E-state index < -0.39 is 5.78 Å². The Labute approximate surface area is 348 Å². The second kappa shape index (κ2) is 16.1. The summed E-state index contributed by atoms with van der Waals surface area (Å²) in [4.78, 5) is 63.5. The van der Waals surface area contributed by atoms with Crippen molar-refractivity contribution in [3.05, 3.63) is 117 Å². The van der Waals surface area contributed by atoms with Crippen molar-refractivity contribution in [3.63, 3.8) is 0 Å². The van der Waals surface area contributed by atoms with Crippen LogP contribution in [0.1, 0.15) is 113 Å². The van der Waals surface area contributed by atoms with Gasteiger partial charge in [0, 0.05) is 44.1 Å². The Morgan fingerprint density at radius 2 is 1.29 bits per heavy atom. The van der Waals surface area contributed by atoms with E-state index in [-0.39, 0.29) is 91.7 Å². The van der Waals surface area contributed by atoms with E-state index in [0.29, 0.717) is 40.3 Å². The summed E-state index contributed by atoms with van der Waals surface area (Å²) in [6.45, 7) is -0.0374. The lowest BCUT2D eigenvalue weighted by atomic mass is 9.97. The van der Waals surface area contributed by atoms with E-state index in [2.05, 4.69) is 26.0 Å². The van der Waals surface area contributed by atoms with Crippen LogP contribution in [0.25, 0.3) is 0 Å². The van der Waals surface area contributed by atoms with Gasteiger partial charge in [0.2, 0.25) is 5.78 Å². The first-order valence-electron chi connectivity index (χ1n) is 18.3. The molecule has 0 aliphatic heterocycles. The van der Waals surface area contributed by atoms with E-state index in [1.54, 1.807) is 12.1 Å². The second-order valence-corrected chi connectivity index (χ2v) is 16.0. The number of tetrazole rings is 2. The predicted molar refractivity (Wildman–Crippen MR) is 208 cm³/mol. The number of Topliss-reactive ketones (excluding diaryl/α,β-unsaturated/α-hetero) is 2. The van der Waals surface area contributed by atoms with Crippen LogP contribution in [0, 0.1) is 18.4 Å². The summed E-state index contributed by atoms with van der Waals surface area (Å²) in [5, 5.41) is 20.2. The summed E-state index contributed by atoms with van der Waals surface area (Å²) in [7, 11) is 0. The Morgan fingerprint density at radius 3 is 1.79 bits per heavy atom. The molecule has 4 saturated carbocycles. The maximum atomic E-state index is 13.1. The molecule has 0 radical (unpaired) electrons. The maximum absolute atomic E-state index is 13.1. The van der Waals surface area contributed by atoms with E-state index in [0.717, 1.165) is 49.5 Å². The summed E-state index contributed by atoms with van der Waals surface area (Å²) < 4.78 is 15.1. The van der Waals surface area contributed by atoms with Crippen molar-refractivity contribution >= 4 is 63.8 Å². The highest BCUT2D eigenvalue weighted by Crippen LogP contribution is 2.43. The van der Waals surface area contributed by atoms with Gasteiger partial charge < -0.3 is 9.26 Å². The third kappa shape index (κ3) is 8.04. The molecule has 0 unspecified atom stereocenters. The zero-order chi connectivity index (χ0) is 40.8. The number of ether oxygens (including phenoxy) is 1. The monoisotopic (exact) mass is 865 g/mol. The zero-order valence-corrected chi connectivity index (χ0v) is 33.3. The average Bonchev–Trinajstić information content (AvgIpc) is 4.01. The Balaban J connectivity index is 0.000000162. The van der Waals surface area contributed by atoms with Gasteiger partial charge in [-0.05, 0) is 96.5 Å². The Hall–Kier alpha value is -5.34. The molecule has 4 aliphatic carbocycles. The van der Waals surface area contributed by atoms with Crippen LogP contribution in [0.15, 0.2) is 56.4 Å². The number of hydrogen-bond donors (Lipinski definition) is 0. The van der Waals surface area contributed by atoms with Gasteiger partial charge >= 0.3 is 11.4 Å². The van der Waals surface area contributed by atoms with Crippen LogP contribution < -0.4 is 11.4 Å². The quantitative estimate of drug-likeness (QED) is 0.0316. The van der Waals surface area contributed by atoms with Crippen molar-refractivity contribution in [2.45, 2.75) is 82.5 Å². The van der Waals surface area contributed by atoms with Crippen molar-refractivity contribution in [1.82, 2.24) is 44.7 Å². The summed E-state index contributed by atoms with van der Waals surface area (Å²) in [6, 6.07) is 6.26. The lowest BCUT2D eigenvalue weighted by molar-refractivity contribution is -0.116. The smallest absolute Gasteiger partial charge is 0.364 e. The minimum atomic E-state index is -0.626. The van der Waals surface area contributed by atoms with Crippen LogP contribution in [-0.2, 0) is 22.6 Å². The molecular weight excluding hydrogens is 836 g/mol. The van der Waals surface area contributed by atoms with Crippen LogP contribution in [0.2, 0.25) is 20.1 Å². The number of nitrogens with zero attached hydrogens (tertiary/aromatic N) is 9. The van der Waals surface area contributed by atoms with Crippen molar-refractivity contribution in [1.29, 1.82) is 0 Å². The van der Waals surface area contributed by atoms with Gasteiger partial charge in [-0.2, -0.15) is 18.7 Å². The Bertz CT molecular complexity index is 2670. The fraction of sp³-hybridized carbons (Fsp3) is 0.368. The first kappa shape index (κ1) is 39.5. The van der Waals surface area contributed by atoms with Gasteiger partial charge in [0.25, 0.3) is 0 Å². The molecule has 2 aromatic carbocycles. The van der Waals surface area contributed by atoms with Gasteiger partial charge in [0.1, 0.15) is 17.9 Å². The number of halogens is 4. The molecule has 4 fully saturated rings. The highest BCUT2D eigenvalue weighted by Gasteiger charge is 2.37. The van der Waals surface area contributed by atoms with Crippen molar-refractivity contribution in [2.24, 2.45) is 5.92 Å². The standard InChI is InChI=1S/C20H16Cl2N4O4.C18H15Cl2N5O3/c1-2-30-10-15(18(27)11-3-4-11)19(28)13-7-8-16(21)14(17(13)22)9-25-20(29)26(24-23-25)12-5-6-12;19-14-6-5-11(16(26)12-7-21-28-17(12)9-1-2-9)15(20)13(14)8-24-18(27)25(23-22-24)10-3-4-10/h1,7-8,10-12H,3-6,9H2;5-7,9-10H,1-4,8H2. The Kier molecular flexibility index (Phi) is 11.0. The number of ketones is 3. The average molecular weight is 868 g/mol. The van der Waals surface area contributed by atoms with Crippen LogP contribution in [-0.4, -0.2) is 62.1 Å². The molecule has 0 spiro atoms. The molecule has 0 atom stereocenters. The first-order chi connectivity index (χ1) is 28.0. The maximum Gasteiger partial charge on any atom is 0.364 e. The predicted octanol–water partition coefficient (Wildman–Crippen LogP) is 6.01. The molecule has 20 heteroatoms. The van der Waals surface area contributed by atoms with Crippen molar-refractivity contribution < 1.29 is 23.6 Å². The summed E-state index contributed by atoms with van der Waals surface area (Å²) in [5.41, 5.74) is 0.647. The van der Waals surface area contributed by atoms with Crippen molar-refractivity contribution in [3.8, 4) is 12.5 Å². The fourth-order valence-electron chi connectivity index (χ4n) is 6.23. The molecule has 0 amide bonds. The lowest BCUT2D eigenvalue weighted by Gasteiger charge is -2.12. The molecule has 16 nitrogen and oxygen atoms in total. The fourth-order valence-corrected chi connectivity index (χ4v) is 7.39. The van der Waals surface area contributed by atoms with Crippen LogP contribution >= 0.6 is 46.4 Å². The summed E-state index contributed by atoms with van der Waals surface area (Å²) in [5.74, 6) is -0.627. The number of benzene rings is 2. The van der Waals surface area contributed by atoms with E-state index in [1.807, 2.05) is 6.11 Å². The number of carbonyl (C=O) groups is 3. The topological polar surface area (TPSA) is 192 Å². The number of aromatic nitrogens is 9. The van der Waals surface area contributed by atoms with E-state index >= 15 is 0 Å². The number of terminal acetylenes is 1. The van der Waals surface area contributed by atoms with Crippen LogP contribution in [0.3, 0.4) is 0 Å². The largest absolute Gasteiger partial charge is 0.415 e. The zero-order valence-electron chi connectivity index (χ0n) is 30.3. The molecule has 9 rings (SSSR count). The second-order valence-electron chi connectivity index (χ2n) is 14.4. The molecule has 4 aliphatic rings. The van der Waals surface area contributed by atoms with Gasteiger partial charge in [-0.1, -0.05) is 58.0 Å². The van der Waals surface area contributed by atoms with E-state index in [4.69, 9.17) is 62.1 Å². The number of hydrogen-bond acceptors (Lipinski definition) is 12. The molecule has 0 N–H and O–H groups in total. The molecule has 0 bridgehead atoms. The summed E-state index contributed by atoms with van der Waals surface area (Å²) >= 11 is 25.6. The highest BCUT2D eigenvalue weighted by atomic mass is 35.5. The van der Waals surface area contributed by atoms with E-state index in [9.17, 15) is 24.0 Å². The highest BCUT2D eigenvalue weighted by molar-refractivity contribution is 6.40. The molecule has 5 aromatic rings. The van der Waals surface area contributed by atoms with Gasteiger partial charge in [0.15, 0.2) is 17.3 Å². The third-order valence-electron chi connectivity index (χ3n) is 10.1. The van der Waals surface area contributed by atoms with Gasteiger partial charge in [0.05, 0.1) is 47.0 Å². The molecule has 0 saturated heterocycles. The molecule has 58 heavy (non-hydrogen) atoms. The molecule has 3 aromatic heterocycles. The third-order valence-corrected chi connectivity index (χ3v) is 11.7. The number of carbonyl (C=O) groups excluding carboxylic acids is 3. The number of allylic oxidation sites excluding steroid dienone is 1. The lowest BCUT2D eigenvalue weighted by Crippen LogP contribution is -2.25. The summed E-state index contributed by atoms with van der Waals surface area (Å²) in [6.07, 6.45) is 16.4. The van der Waals surface area contributed by atoms with Crippen molar-refractivity contribution in [2.75, 3.05) is 0 Å². The van der Waals surface area contributed by atoms with Gasteiger partial charge in [-0.15, -0.1) is 0 Å². The molecule has 298 valence electrons. The SMILES string of the molecule is C#COC=C(C(=O)c1ccc(Cl)c(Cn2nnn(C3CC3)c2=O)c1Cl)C(=O)C1CC1.O=C(c1cnoc1C1CC1)c1ccc(Cl)c(Cn2nnn(C3CC3)c2=O)c1Cl. The van der Waals surface area contributed by atoms with Gasteiger partial charge in [-0.3, -0.25) is 14.4 Å². The minimum absolute atomic E-state index is 0.0237. The van der Waals surface area contributed by atoms with E-state index in [1.165, 1.54) is 32.4 Å². The minimum Gasteiger partial charge on any atom is -0.415 e. The molecular formula is C38H31Cl4N9O7. The van der Waals surface area contributed by atoms with Gasteiger partial charge in [-0.25, -0.2) is 9.59 Å².